The molecular weight excluding hydrogens is 494 g/mol. The zero-order valence-corrected chi connectivity index (χ0v) is 22.5. The highest BCUT2D eigenvalue weighted by atomic mass is 14.9. The van der Waals surface area contributed by atoms with Gasteiger partial charge in [0.05, 0.1) is 0 Å². The fraction of sp³-hybridized carbons (Fsp3) is 0. The molecule has 0 aromatic heterocycles. The molecule has 0 unspecified atom stereocenters. The Kier molecular flexibility index (Phi) is 5.53. The van der Waals surface area contributed by atoms with Crippen molar-refractivity contribution in [2.24, 2.45) is 0 Å². The third-order valence-corrected chi connectivity index (χ3v) is 8.20. The van der Waals surface area contributed by atoms with Gasteiger partial charge >= 0.3 is 0 Å². The second-order valence-corrected chi connectivity index (χ2v) is 10.7. The first kappa shape index (κ1) is 23.5. The van der Waals surface area contributed by atoms with Gasteiger partial charge in [-0.3, -0.25) is 0 Å². The fourth-order valence-electron chi connectivity index (χ4n) is 6.05. The SMILES string of the molecule is c1cc(Nc2ccc(-c3ccc4ccc5ccccc5c4c3)cc2)cc(-c2ccc3ccc4ccccc4c3c2)c1. The zero-order chi connectivity index (χ0) is 27.2. The summed E-state index contributed by atoms with van der Waals surface area (Å²) in [4.78, 5) is 0. The molecule has 41 heavy (non-hydrogen) atoms. The summed E-state index contributed by atoms with van der Waals surface area (Å²) in [5.74, 6) is 0. The number of anilines is 2. The van der Waals surface area contributed by atoms with Crippen LogP contribution in [0.2, 0.25) is 0 Å². The van der Waals surface area contributed by atoms with Gasteiger partial charge in [-0.1, -0.05) is 121 Å². The standard InChI is InChI=1S/C40H27N/c1-3-10-37-28(6-1)12-14-30-16-18-33(25-39(30)37)27-20-22-35(23-21-27)41-36-9-5-8-32(24-36)34-19-17-31-15-13-29-7-2-4-11-38(29)40(31)26-34/h1-26,41H. The molecule has 8 aromatic rings. The second kappa shape index (κ2) is 9.66. The summed E-state index contributed by atoms with van der Waals surface area (Å²) < 4.78 is 0. The molecule has 1 N–H and O–H groups in total. The highest BCUT2D eigenvalue weighted by Gasteiger charge is 2.07. The van der Waals surface area contributed by atoms with E-state index in [9.17, 15) is 0 Å². The van der Waals surface area contributed by atoms with Gasteiger partial charge in [0.25, 0.3) is 0 Å². The Morgan fingerprint density at radius 3 is 1.34 bits per heavy atom. The highest BCUT2D eigenvalue weighted by Crippen LogP contribution is 2.33. The third kappa shape index (κ3) is 4.29. The molecule has 0 radical (unpaired) electrons. The van der Waals surface area contributed by atoms with E-state index in [4.69, 9.17) is 0 Å². The summed E-state index contributed by atoms with van der Waals surface area (Å²) in [5.41, 5.74) is 7.00. The Morgan fingerprint density at radius 2 is 0.732 bits per heavy atom. The monoisotopic (exact) mass is 521 g/mol. The lowest BCUT2D eigenvalue weighted by molar-refractivity contribution is 1.54. The van der Waals surface area contributed by atoms with Gasteiger partial charge in [0.2, 0.25) is 0 Å². The molecule has 8 rings (SSSR count). The lowest BCUT2D eigenvalue weighted by atomic mass is 9.97. The van der Waals surface area contributed by atoms with Crippen LogP contribution >= 0.6 is 0 Å². The van der Waals surface area contributed by atoms with Gasteiger partial charge in [-0.25, -0.2) is 0 Å². The van der Waals surface area contributed by atoms with Crippen LogP contribution in [-0.4, -0.2) is 0 Å². The Bertz CT molecular complexity index is 2220. The maximum absolute atomic E-state index is 3.61. The maximum atomic E-state index is 3.61. The molecule has 0 bridgehead atoms. The molecular formula is C40H27N. The maximum Gasteiger partial charge on any atom is 0.0390 e. The van der Waals surface area contributed by atoms with Crippen LogP contribution in [0.3, 0.4) is 0 Å². The molecule has 0 atom stereocenters. The minimum Gasteiger partial charge on any atom is -0.356 e. The van der Waals surface area contributed by atoms with E-state index in [0.717, 1.165) is 11.4 Å². The van der Waals surface area contributed by atoms with E-state index in [1.165, 1.54) is 65.3 Å². The first-order valence-corrected chi connectivity index (χ1v) is 14.1. The average molecular weight is 522 g/mol. The summed E-state index contributed by atoms with van der Waals surface area (Å²) in [7, 11) is 0. The van der Waals surface area contributed by atoms with Gasteiger partial charge in [-0.05, 0) is 102 Å². The number of nitrogens with one attached hydrogen (secondary N) is 1. The first-order valence-electron chi connectivity index (χ1n) is 14.1. The Balaban J connectivity index is 1.08. The Morgan fingerprint density at radius 1 is 0.268 bits per heavy atom. The van der Waals surface area contributed by atoms with Crippen LogP contribution in [0.4, 0.5) is 11.4 Å². The number of rotatable bonds is 4. The molecule has 0 aliphatic heterocycles. The molecule has 0 aliphatic carbocycles. The summed E-state index contributed by atoms with van der Waals surface area (Å²) in [6, 6.07) is 57.0. The summed E-state index contributed by atoms with van der Waals surface area (Å²) in [6.07, 6.45) is 0. The normalized spacial score (nSPS) is 11.4. The van der Waals surface area contributed by atoms with Gasteiger partial charge in [-0.15, -0.1) is 0 Å². The van der Waals surface area contributed by atoms with E-state index in [2.05, 4.69) is 163 Å². The number of fused-ring (bicyclic) bond motifs is 6. The van der Waals surface area contributed by atoms with Crippen molar-refractivity contribution in [1.29, 1.82) is 0 Å². The third-order valence-electron chi connectivity index (χ3n) is 8.20. The van der Waals surface area contributed by atoms with E-state index in [1.807, 2.05) is 0 Å². The molecule has 192 valence electrons. The number of hydrogen-bond donors (Lipinski definition) is 1. The van der Waals surface area contributed by atoms with Crippen LogP contribution in [0.25, 0.3) is 65.3 Å². The quantitative estimate of drug-likeness (QED) is 0.227. The van der Waals surface area contributed by atoms with Crippen molar-refractivity contribution in [2.45, 2.75) is 0 Å². The first-order chi connectivity index (χ1) is 20.3. The topological polar surface area (TPSA) is 12.0 Å². The Labute approximate surface area is 239 Å². The van der Waals surface area contributed by atoms with Gasteiger partial charge < -0.3 is 5.32 Å². The number of hydrogen-bond acceptors (Lipinski definition) is 1. The van der Waals surface area contributed by atoms with E-state index >= 15 is 0 Å². The fourth-order valence-corrected chi connectivity index (χ4v) is 6.05. The number of benzene rings is 8. The largest absolute Gasteiger partial charge is 0.356 e. The van der Waals surface area contributed by atoms with Crippen molar-refractivity contribution in [2.75, 3.05) is 5.32 Å². The molecule has 1 heteroatoms. The predicted molar refractivity (Wildman–Crippen MR) is 177 cm³/mol. The lowest BCUT2D eigenvalue weighted by Gasteiger charge is -2.11. The van der Waals surface area contributed by atoms with E-state index in [1.54, 1.807) is 0 Å². The van der Waals surface area contributed by atoms with E-state index < -0.39 is 0 Å². The molecule has 8 aromatic carbocycles. The van der Waals surface area contributed by atoms with Crippen LogP contribution < -0.4 is 5.32 Å². The Hall–Kier alpha value is -5.40. The van der Waals surface area contributed by atoms with Crippen LogP contribution in [-0.2, 0) is 0 Å². The predicted octanol–water partition coefficient (Wildman–Crippen LogP) is 11.4. The van der Waals surface area contributed by atoms with Crippen molar-refractivity contribution in [3.05, 3.63) is 158 Å². The highest BCUT2D eigenvalue weighted by molar-refractivity contribution is 6.09. The van der Waals surface area contributed by atoms with Gasteiger partial charge in [0, 0.05) is 11.4 Å². The van der Waals surface area contributed by atoms with Crippen LogP contribution in [0.1, 0.15) is 0 Å². The summed E-state index contributed by atoms with van der Waals surface area (Å²) >= 11 is 0. The molecule has 0 spiro atoms. The molecule has 0 fully saturated rings. The van der Waals surface area contributed by atoms with E-state index in [0.29, 0.717) is 0 Å². The van der Waals surface area contributed by atoms with Crippen molar-refractivity contribution in [3.8, 4) is 22.3 Å². The molecule has 0 aliphatic rings. The van der Waals surface area contributed by atoms with Gasteiger partial charge in [-0.2, -0.15) is 0 Å². The van der Waals surface area contributed by atoms with Crippen molar-refractivity contribution < 1.29 is 0 Å². The summed E-state index contributed by atoms with van der Waals surface area (Å²) in [6.45, 7) is 0. The molecule has 0 amide bonds. The second-order valence-electron chi connectivity index (χ2n) is 10.7. The molecule has 0 heterocycles. The molecule has 0 saturated heterocycles. The van der Waals surface area contributed by atoms with Gasteiger partial charge in [0.15, 0.2) is 0 Å². The summed E-state index contributed by atoms with van der Waals surface area (Å²) in [5, 5.41) is 13.9. The van der Waals surface area contributed by atoms with Crippen LogP contribution in [0.5, 0.6) is 0 Å². The minimum atomic E-state index is 1.07. The van der Waals surface area contributed by atoms with E-state index in [-0.39, 0.29) is 0 Å². The smallest absolute Gasteiger partial charge is 0.0390 e. The van der Waals surface area contributed by atoms with Crippen LogP contribution in [0, 0.1) is 0 Å². The molecule has 0 saturated carbocycles. The van der Waals surface area contributed by atoms with Crippen molar-refractivity contribution in [1.82, 2.24) is 0 Å². The zero-order valence-electron chi connectivity index (χ0n) is 22.5. The average Bonchev–Trinajstić information content (AvgIpc) is 3.04. The molecule has 1 nitrogen and oxygen atoms in total. The van der Waals surface area contributed by atoms with Crippen LogP contribution in [0.15, 0.2) is 158 Å². The van der Waals surface area contributed by atoms with Gasteiger partial charge in [0.1, 0.15) is 0 Å². The lowest BCUT2D eigenvalue weighted by Crippen LogP contribution is -1.91. The minimum absolute atomic E-state index is 1.07. The van der Waals surface area contributed by atoms with Crippen molar-refractivity contribution in [3.63, 3.8) is 0 Å². The van der Waals surface area contributed by atoms with Crippen molar-refractivity contribution >= 4 is 54.5 Å².